The van der Waals surface area contributed by atoms with Gasteiger partial charge in [-0.15, -0.1) is 0 Å². The van der Waals surface area contributed by atoms with Gasteiger partial charge in [-0.3, -0.25) is 9.00 Å². The Bertz CT molecular complexity index is 249. The molecule has 0 fully saturated rings. The molecule has 0 spiro atoms. The van der Waals surface area contributed by atoms with Gasteiger partial charge in [0.2, 0.25) is 5.91 Å². The molecule has 17 heavy (non-hydrogen) atoms. The van der Waals surface area contributed by atoms with E-state index in [2.05, 4.69) is 10.6 Å². The van der Waals surface area contributed by atoms with Gasteiger partial charge in [-0.1, -0.05) is 6.92 Å². The van der Waals surface area contributed by atoms with Gasteiger partial charge in [-0.05, 0) is 19.9 Å². The van der Waals surface area contributed by atoms with Gasteiger partial charge in [0, 0.05) is 36.0 Å². The minimum Gasteiger partial charge on any atom is -0.383 e. The van der Waals surface area contributed by atoms with Gasteiger partial charge < -0.3 is 15.4 Å². The van der Waals surface area contributed by atoms with Gasteiger partial charge in [0.25, 0.3) is 0 Å². The summed E-state index contributed by atoms with van der Waals surface area (Å²) in [5.74, 6) is -0.0349. The SMILES string of the molecule is COCCNC(=O)C(C)NCCC(C)S(C)=O. The third-order valence-corrected chi connectivity index (χ3v) is 3.94. The number of rotatable bonds is 9. The molecule has 0 saturated heterocycles. The predicted molar refractivity (Wildman–Crippen MR) is 70.5 cm³/mol. The van der Waals surface area contributed by atoms with Crippen molar-refractivity contribution in [2.75, 3.05) is 33.1 Å². The molecular formula is C11H24N2O3S. The van der Waals surface area contributed by atoms with E-state index in [1.165, 1.54) is 0 Å². The summed E-state index contributed by atoms with van der Waals surface area (Å²) in [7, 11) is 0.798. The molecule has 3 unspecified atom stereocenters. The summed E-state index contributed by atoms with van der Waals surface area (Å²) in [6.07, 6.45) is 2.50. The van der Waals surface area contributed by atoms with Crippen LogP contribution < -0.4 is 10.6 Å². The van der Waals surface area contributed by atoms with Crippen LogP contribution in [0.3, 0.4) is 0 Å². The fourth-order valence-electron chi connectivity index (χ4n) is 1.19. The summed E-state index contributed by atoms with van der Waals surface area (Å²) in [5, 5.41) is 6.02. The number of carbonyl (C=O) groups is 1. The van der Waals surface area contributed by atoms with Crippen molar-refractivity contribution in [2.24, 2.45) is 0 Å². The second kappa shape index (κ2) is 9.56. The van der Waals surface area contributed by atoms with E-state index in [0.717, 1.165) is 6.42 Å². The zero-order chi connectivity index (χ0) is 13.3. The van der Waals surface area contributed by atoms with Crippen molar-refractivity contribution in [1.82, 2.24) is 10.6 Å². The second-order valence-corrected chi connectivity index (χ2v) is 5.86. The molecule has 0 heterocycles. The molecule has 0 aromatic heterocycles. The minimum absolute atomic E-state index is 0.0349. The third-order valence-electron chi connectivity index (χ3n) is 2.57. The summed E-state index contributed by atoms with van der Waals surface area (Å²) >= 11 is 0. The van der Waals surface area contributed by atoms with E-state index in [1.807, 2.05) is 13.8 Å². The largest absolute Gasteiger partial charge is 0.383 e. The molecule has 0 rings (SSSR count). The molecule has 6 heteroatoms. The summed E-state index contributed by atoms with van der Waals surface area (Å²) in [4.78, 5) is 11.5. The number of amides is 1. The first-order valence-corrected chi connectivity index (χ1v) is 7.43. The van der Waals surface area contributed by atoms with Crippen LogP contribution in [0.15, 0.2) is 0 Å². The summed E-state index contributed by atoms with van der Waals surface area (Å²) < 4.78 is 16.0. The zero-order valence-corrected chi connectivity index (χ0v) is 11.9. The number of hydrogen-bond donors (Lipinski definition) is 2. The molecule has 3 atom stereocenters. The maximum absolute atomic E-state index is 11.5. The van der Waals surface area contributed by atoms with E-state index in [-0.39, 0.29) is 17.2 Å². The van der Waals surface area contributed by atoms with Gasteiger partial charge in [-0.25, -0.2) is 0 Å². The van der Waals surface area contributed by atoms with Crippen LogP contribution in [0.5, 0.6) is 0 Å². The van der Waals surface area contributed by atoms with Crippen molar-refractivity contribution in [3.05, 3.63) is 0 Å². The summed E-state index contributed by atoms with van der Waals surface area (Å²) in [6.45, 7) is 5.50. The Morgan fingerprint density at radius 1 is 1.35 bits per heavy atom. The van der Waals surface area contributed by atoms with Crippen molar-refractivity contribution in [1.29, 1.82) is 0 Å². The highest BCUT2D eigenvalue weighted by Gasteiger charge is 2.12. The van der Waals surface area contributed by atoms with Crippen LogP contribution in [-0.4, -0.2) is 54.5 Å². The second-order valence-electron chi connectivity index (χ2n) is 4.06. The minimum atomic E-state index is -0.799. The van der Waals surface area contributed by atoms with E-state index in [0.29, 0.717) is 19.7 Å². The average Bonchev–Trinajstić information content (AvgIpc) is 2.28. The van der Waals surface area contributed by atoms with Crippen molar-refractivity contribution in [3.63, 3.8) is 0 Å². The topological polar surface area (TPSA) is 67.4 Å². The average molecular weight is 264 g/mol. The lowest BCUT2D eigenvalue weighted by Crippen LogP contribution is -2.43. The Hall–Kier alpha value is -0.460. The van der Waals surface area contributed by atoms with Crippen LogP contribution in [0, 0.1) is 0 Å². The van der Waals surface area contributed by atoms with Crippen LogP contribution in [0.4, 0.5) is 0 Å². The van der Waals surface area contributed by atoms with E-state index in [4.69, 9.17) is 4.74 Å². The van der Waals surface area contributed by atoms with Crippen LogP contribution >= 0.6 is 0 Å². The highest BCUT2D eigenvalue weighted by molar-refractivity contribution is 7.84. The number of methoxy groups -OCH3 is 1. The van der Waals surface area contributed by atoms with Gasteiger partial charge in [-0.2, -0.15) is 0 Å². The van der Waals surface area contributed by atoms with Crippen LogP contribution in [0.25, 0.3) is 0 Å². The van der Waals surface area contributed by atoms with Gasteiger partial charge in [0.1, 0.15) is 0 Å². The van der Waals surface area contributed by atoms with Crippen molar-refractivity contribution in [2.45, 2.75) is 31.6 Å². The Kier molecular flexibility index (Phi) is 9.30. The maximum atomic E-state index is 11.5. The van der Waals surface area contributed by atoms with Crippen molar-refractivity contribution >= 4 is 16.7 Å². The zero-order valence-electron chi connectivity index (χ0n) is 11.1. The normalized spacial score (nSPS) is 16.2. The molecule has 0 radical (unpaired) electrons. The summed E-state index contributed by atoms with van der Waals surface area (Å²) in [6, 6.07) is -0.232. The number of carbonyl (C=O) groups excluding carboxylic acids is 1. The van der Waals surface area contributed by atoms with Gasteiger partial charge in [0.15, 0.2) is 0 Å². The van der Waals surface area contributed by atoms with Crippen molar-refractivity contribution in [3.8, 4) is 0 Å². The number of nitrogens with one attached hydrogen (secondary N) is 2. The van der Waals surface area contributed by atoms with Gasteiger partial charge in [0.05, 0.1) is 12.6 Å². The van der Waals surface area contributed by atoms with Crippen molar-refractivity contribution < 1.29 is 13.7 Å². The molecule has 0 aliphatic carbocycles. The third kappa shape index (κ3) is 8.29. The lowest BCUT2D eigenvalue weighted by atomic mass is 10.2. The Morgan fingerprint density at radius 3 is 2.53 bits per heavy atom. The predicted octanol–water partition coefficient (Wildman–Crippen LogP) is -0.116. The fraction of sp³-hybridized carbons (Fsp3) is 0.909. The first-order chi connectivity index (χ1) is 7.99. The van der Waals surface area contributed by atoms with E-state index in [9.17, 15) is 9.00 Å². The number of ether oxygens (including phenoxy) is 1. The fourth-order valence-corrected chi connectivity index (χ4v) is 1.64. The molecular weight excluding hydrogens is 240 g/mol. The Morgan fingerprint density at radius 2 is 2.00 bits per heavy atom. The molecule has 1 amide bonds. The molecule has 0 saturated carbocycles. The summed E-state index contributed by atoms with van der Waals surface area (Å²) in [5.41, 5.74) is 0. The first kappa shape index (κ1) is 16.5. The monoisotopic (exact) mass is 264 g/mol. The molecule has 0 bridgehead atoms. The lowest BCUT2D eigenvalue weighted by Gasteiger charge is -2.15. The van der Waals surface area contributed by atoms with Gasteiger partial charge >= 0.3 is 0 Å². The molecule has 2 N–H and O–H groups in total. The number of hydrogen-bond acceptors (Lipinski definition) is 4. The first-order valence-electron chi connectivity index (χ1n) is 5.81. The highest BCUT2D eigenvalue weighted by Crippen LogP contribution is 1.97. The van der Waals surface area contributed by atoms with Crippen LogP contribution in [-0.2, 0) is 20.3 Å². The maximum Gasteiger partial charge on any atom is 0.236 e. The van der Waals surface area contributed by atoms with E-state index < -0.39 is 10.8 Å². The quantitative estimate of drug-likeness (QED) is 0.570. The standard InChI is InChI=1S/C11H24N2O3S/c1-9(17(4)15)5-6-12-10(2)11(14)13-7-8-16-3/h9-10,12H,5-8H2,1-4H3,(H,13,14). The molecule has 0 aromatic carbocycles. The van der Waals surface area contributed by atoms with E-state index in [1.54, 1.807) is 13.4 Å². The Balaban J connectivity index is 3.67. The van der Waals surface area contributed by atoms with Crippen LogP contribution in [0.2, 0.25) is 0 Å². The van der Waals surface area contributed by atoms with E-state index >= 15 is 0 Å². The molecule has 102 valence electrons. The highest BCUT2D eigenvalue weighted by atomic mass is 32.2. The molecule has 0 aromatic rings. The smallest absolute Gasteiger partial charge is 0.236 e. The molecule has 0 aliphatic rings. The lowest BCUT2D eigenvalue weighted by molar-refractivity contribution is -0.122. The molecule has 0 aliphatic heterocycles. The molecule has 5 nitrogen and oxygen atoms in total. The Labute approximate surface area is 106 Å². The van der Waals surface area contributed by atoms with Crippen LogP contribution in [0.1, 0.15) is 20.3 Å².